The molecule has 1 atom stereocenters. The first-order chi connectivity index (χ1) is 18.5. The second-order valence-corrected chi connectivity index (χ2v) is 10.4. The molecule has 2 heterocycles. The maximum Gasteiger partial charge on any atom is 0.403 e. The Bertz CT molecular complexity index is 1650. The Hall–Kier alpha value is -4.15. The number of aromatic nitrogens is 3. The second kappa shape index (κ2) is 8.69. The average molecular weight is 541 g/mol. The predicted octanol–water partition coefficient (Wildman–Crippen LogP) is 4.97. The van der Waals surface area contributed by atoms with Crippen LogP contribution in [-0.4, -0.2) is 32.0 Å². The van der Waals surface area contributed by atoms with Crippen LogP contribution in [0.25, 0.3) is 16.6 Å². The minimum absolute atomic E-state index is 0.154. The highest BCUT2D eigenvalue weighted by atomic mass is 19.4. The van der Waals surface area contributed by atoms with E-state index in [0.29, 0.717) is 35.2 Å². The van der Waals surface area contributed by atoms with Gasteiger partial charge in [0.25, 0.3) is 0 Å². The van der Waals surface area contributed by atoms with Crippen LogP contribution in [0.3, 0.4) is 0 Å². The number of nitrogens with one attached hydrogen (secondary N) is 1. The van der Waals surface area contributed by atoms with E-state index in [2.05, 4.69) is 10.4 Å². The Morgan fingerprint density at radius 3 is 2.49 bits per heavy atom. The van der Waals surface area contributed by atoms with Crippen molar-refractivity contribution in [1.82, 2.24) is 19.7 Å². The molecular formula is C28H24F4N4O3. The Balaban J connectivity index is 1.32. The Morgan fingerprint density at radius 2 is 1.85 bits per heavy atom. The SMILES string of the molecule is Cn1cc(-n2ncc3cc(OC(c4cccc(F)c4)C4(NC(=O)C5(C(F)(F)F)CC5)CC4)ccc32)ccc1=O. The van der Waals surface area contributed by atoms with E-state index in [1.165, 1.54) is 28.8 Å². The van der Waals surface area contributed by atoms with Crippen molar-refractivity contribution in [2.24, 2.45) is 12.5 Å². The van der Waals surface area contributed by atoms with Gasteiger partial charge in [-0.15, -0.1) is 0 Å². The molecule has 4 aromatic rings. The number of rotatable bonds is 7. The molecule has 2 aliphatic rings. The number of nitrogens with zero attached hydrogens (tertiary/aromatic N) is 3. The first-order valence-corrected chi connectivity index (χ1v) is 12.5. The summed E-state index contributed by atoms with van der Waals surface area (Å²) in [5.74, 6) is -1.20. The van der Waals surface area contributed by atoms with E-state index in [0.717, 1.165) is 5.52 Å². The number of amides is 1. The van der Waals surface area contributed by atoms with E-state index in [1.807, 2.05) is 0 Å². The van der Waals surface area contributed by atoms with Crippen molar-refractivity contribution in [3.8, 4) is 11.4 Å². The third-order valence-electron chi connectivity index (χ3n) is 7.64. The number of carbonyl (C=O) groups is 1. The number of hydrogen-bond donors (Lipinski definition) is 1. The second-order valence-electron chi connectivity index (χ2n) is 10.4. The molecule has 202 valence electrons. The zero-order chi connectivity index (χ0) is 27.6. The van der Waals surface area contributed by atoms with Crippen molar-refractivity contribution in [2.75, 3.05) is 0 Å². The maximum atomic E-state index is 14.2. The van der Waals surface area contributed by atoms with Gasteiger partial charge >= 0.3 is 6.18 Å². The van der Waals surface area contributed by atoms with Crippen LogP contribution in [0, 0.1) is 11.2 Å². The van der Waals surface area contributed by atoms with Crippen molar-refractivity contribution in [3.63, 3.8) is 0 Å². The zero-order valence-electron chi connectivity index (χ0n) is 20.8. The first kappa shape index (κ1) is 25.1. The molecule has 2 fully saturated rings. The number of benzene rings is 2. The van der Waals surface area contributed by atoms with Gasteiger partial charge in [-0.1, -0.05) is 12.1 Å². The van der Waals surface area contributed by atoms with Crippen LogP contribution in [0.15, 0.2) is 71.8 Å². The highest BCUT2D eigenvalue weighted by Gasteiger charge is 2.70. The average Bonchev–Trinajstić information content (AvgIpc) is 3.81. The maximum absolute atomic E-state index is 14.2. The number of ether oxygens (including phenoxy) is 1. The molecule has 0 bridgehead atoms. The van der Waals surface area contributed by atoms with E-state index in [-0.39, 0.29) is 18.4 Å². The lowest BCUT2D eigenvalue weighted by Gasteiger charge is -2.31. The van der Waals surface area contributed by atoms with Crippen LogP contribution in [0.4, 0.5) is 17.6 Å². The molecule has 2 saturated carbocycles. The van der Waals surface area contributed by atoms with E-state index in [9.17, 15) is 27.2 Å². The molecule has 7 nitrogen and oxygen atoms in total. The normalized spacial score (nSPS) is 18.0. The largest absolute Gasteiger partial charge is 0.483 e. The highest BCUT2D eigenvalue weighted by molar-refractivity contribution is 5.87. The monoisotopic (exact) mass is 540 g/mol. The van der Waals surface area contributed by atoms with E-state index < -0.39 is 35.0 Å². The number of alkyl halides is 3. The number of fused-ring (bicyclic) bond motifs is 1. The van der Waals surface area contributed by atoms with Gasteiger partial charge in [-0.25, -0.2) is 9.07 Å². The molecular weight excluding hydrogens is 516 g/mol. The smallest absolute Gasteiger partial charge is 0.403 e. The number of carbonyl (C=O) groups excluding carboxylic acids is 1. The van der Waals surface area contributed by atoms with Crippen LogP contribution in [0.2, 0.25) is 0 Å². The fourth-order valence-corrected chi connectivity index (χ4v) is 5.00. The molecule has 6 rings (SSSR count). The van der Waals surface area contributed by atoms with Gasteiger partial charge in [-0.2, -0.15) is 18.3 Å². The zero-order valence-corrected chi connectivity index (χ0v) is 20.8. The molecule has 0 aliphatic heterocycles. The van der Waals surface area contributed by atoms with Gasteiger partial charge in [-0.3, -0.25) is 9.59 Å². The lowest BCUT2D eigenvalue weighted by atomic mass is 9.97. The summed E-state index contributed by atoms with van der Waals surface area (Å²) in [5.41, 5.74) is -1.80. The van der Waals surface area contributed by atoms with E-state index in [1.54, 1.807) is 54.5 Å². The highest BCUT2D eigenvalue weighted by Crippen LogP contribution is 2.59. The van der Waals surface area contributed by atoms with Gasteiger partial charge in [-0.05, 0) is 67.6 Å². The lowest BCUT2D eigenvalue weighted by molar-refractivity contribution is -0.193. The number of halogens is 4. The summed E-state index contributed by atoms with van der Waals surface area (Å²) in [6.45, 7) is 0. The van der Waals surface area contributed by atoms with E-state index >= 15 is 0 Å². The van der Waals surface area contributed by atoms with Gasteiger partial charge < -0.3 is 14.6 Å². The van der Waals surface area contributed by atoms with Crippen LogP contribution in [-0.2, 0) is 11.8 Å². The van der Waals surface area contributed by atoms with Gasteiger partial charge in [0, 0.05) is 24.7 Å². The summed E-state index contributed by atoms with van der Waals surface area (Å²) in [6, 6.07) is 13.9. The molecule has 1 N–H and O–H groups in total. The Labute approximate surface area is 220 Å². The Morgan fingerprint density at radius 1 is 1.08 bits per heavy atom. The number of pyridine rings is 1. The van der Waals surface area contributed by atoms with Crippen molar-refractivity contribution in [3.05, 3.63) is 88.7 Å². The number of hydrogen-bond acceptors (Lipinski definition) is 4. The van der Waals surface area contributed by atoms with Gasteiger partial charge in [0.15, 0.2) is 0 Å². The molecule has 2 aliphatic carbocycles. The minimum Gasteiger partial charge on any atom is -0.483 e. The van der Waals surface area contributed by atoms with Crippen LogP contribution >= 0.6 is 0 Å². The minimum atomic E-state index is -4.64. The fourth-order valence-electron chi connectivity index (χ4n) is 5.00. The first-order valence-electron chi connectivity index (χ1n) is 12.5. The quantitative estimate of drug-likeness (QED) is 0.336. The summed E-state index contributed by atoms with van der Waals surface area (Å²) < 4.78 is 64.5. The summed E-state index contributed by atoms with van der Waals surface area (Å²) in [5, 5.41) is 7.76. The number of aryl methyl sites for hydroxylation is 1. The summed E-state index contributed by atoms with van der Waals surface area (Å²) in [7, 11) is 1.64. The summed E-state index contributed by atoms with van der Waals surface area (Å²) >= 11 is 0. The molecule has 11 heteroatoms. The van der Waals surface area contributed by atoms with Crippen molar-refractivity contribution >= 4 is 16.8 Å². The lowest BCUT2D eigenvalue weighted by Crippen LogP contribution is -2.50. The van der Waals surface area contributed by atoms with Gasteiger partial charge in [0.2, 0.25) is 11.5 Å². The molecule has 2 aromatic heterocycles. The summed E-state index contributed by atoms with van der Waals surface area (Å²) in [6.07, 6.45) is -2.00. The Kier molecular flexibility index (Phi) is 5.60. The molecule has 1 unspecified atom stereocenters. The summed E-state index contributed by atoms with van der Waals surface area (Å²) in [4.78, 5) is 24.6. The third kappa shape index (κ3) is 4.35. The van der Waals surface area contributed by atoms with Crippen LogP contribution in [0.1, 0.15) is 37.4 Å². The molecule has 39 heavy (non-hydrogen) atoms. The molecule has 0 radical (unpaired) electrons. The fraction of sp³-hybridized carbons (Fsp3) is 0.321. The topological polar surface area (TPSA) is 78.2 Å². The van der Waals surface area contributed by atoms with Gasteiger partial charge in [0.1, 0.15) is 23.1 Å². The van der Waals surface area contributed by atoms with Crippen LogP contribution < -0.4 is 15.6 Å². The predicted molar refractivity (Wildman–Crippen MR) is 134 cm³/mol. The molecule has 2 aromatic carbocycles. The third-order valence-corrected chi connectivity index (χ3v) is 7.64. The van der Waals surface area contributed by atoms with Crippen LogP contribution in [0.5, 0.6) is 5.75 Å². The van der Waals surface area contributed by atoms with Crippen molar-refractivity contribution < 1.29 is 27.1 Å². The van der Waals surface area contributed by atoms with Crippen molar-refractivity contribution in [1.29, 1.82) is 0 Å². The molecule has 1 amide bonds. The molecule has 0 saturated heterocycles. The standard InChI is InChI=1S/C28H24F4N4O3/c1-35-16-20(5-8-23(35)37)36-22-7-6-21(14-18(22)15-33-36)39-24(17-3-2-4-19(29)13-17)27(11-12-27)34-25(38)26(9-10-26)28(30,31)32/h2-8,13-16,24H,9-12H2,1H3,(H,34,38). The van der Waals surface area contributed by atoms with Crippen molar-refractivity contribution in [2.45, 2.75) is 43.5 Å². The van der Waals surface area contributed by atoms with E-state index in [4.69, 9.17) is 4.74 Å². The van der Waals surface area contributed by atoms with Gasteiger partial charge in [0.05, 0.1) is 22.9 Å². The molecule has 0 spiro atoms.